The van der Waals surface area contributed by atoms with E-state index in [0.29, 0.717) is 31.7 Å². The highest BCUT2D eigenvalue weighted by atomic mass is 32.2. The number of thiazole rings is 1. The van der Waals surface area contributed by atoms with E-state index >= 15 is 0 Å². The van der Waals surface area contributed by atoms with E-state index in [4.69, 9.17) is 0 Å². The first-order valence-electron chi connectivity index (χ1n) is 11.9. The number of benzene rings is 2. The number of rotatable bonds is 6. The van der Waals surface area contributed by atoms with Gasteiger partial charge in [0.25, 0.3) is 10.0 Å². The Bertz CT molecular complexity index is 1340. The Kier molecular flexibility index (Phi) is 6.99. The second kappa shape index (κ2) is 10.1. The number of halogens is 3. The molecule has 1 N–H and O–H groups in total. The minimum Gasteiger partial charge on any atom is -0.311 e. The standard InChI is InChI=1S/C25H25F3N4O3S2.H2/c26-25(27,28)19-3-1-17(2-4-19)18-9-13-31(14-10-18)22-11-15-32(23(22)33)20-5-7-21(8-6-20)37(34,35)30-24-29-12-16-36-24;/h1-8,12,16,18,22H,9-11,13-15H2,(H,29,30);1H/t22-;/m0./s1. The van der Waals surface area contributed by atoms with Gasteiger partial charge in [0.15, 0.2) is 5.13 Å². The molecule has 37 heavy (non-hydrogen) atoms. The zero-order valence-corrected chi connectivity index (χ0v) is 21.3. The molecule has 1 aromatic heterocycles. The van der Waals surface area contributed by atoms with Gasteiger partial charge in [0.05, 0.1) is 16.5 Å². The van der Waals surface area contributed by atoms with Gasteiger partial charge < -0.3 is 4.90 Å². The first kappa shape index (κ1) is 25.7. The van der Waals surface area contributed by atoms with Crippen molar-refractivity contribution in [3.63, 3.8) is 0 Å². The molecule has 12 heteroatoms. The second-order valence-corrected chi connectivity index (χ2v) is 11.7. The summed E-state index contributed by atoms with van der Waals surface area (Å²) in [5, 5.41) is 1.96. The van der Waals surface area contributed by atoms with Gasteiger partial charge in [-0.3, -0.25) is 14.4 Å². The lowest BCUT2D eigenvalue weighted by Gasteiger charge is -2.35. The van der Waals surface area contributed by atoms with Crippen LogP contribution in [-0.4, -0.2) is 49.9 Å². The molecule has 1 atom stereocenters. The predicted molar refractivity (Wildman–Crippen MR) is 137 cm³/mol. The Labute approximate surface area is 218 Å². The normalized spacial score (nSPS) is 19.9. The molecular weight excluding hydrogens is 525 g/mol. The van der Waals surface area contributed by atoms with Gasteiger partial charge in [0.2, 0.25) is 5.91 Å². The monoisotopic (exact) mass is 552 g/mol. The zero-order chi connectivity index (χ0) is 26.2. The predicted octanol–water partition coefficient (Wildman–Crippen LogP) is 5.19. The number of likely N-dealkylation sites (tertiary alicyclic amines) is 1. The molecular formula is C25H27F3N4O3S2. The maximum atomic E-state index is 13.2. The number of sulfonamides is 1. The van der Waals surface area contributed by atoms with Crippen LogP contribution < -0.4 is 9.62 Å². The summed E-state index contributed by atoms with van der Waals surface area (Å²) >= 11 is 1.18. The van der Waals surface area contributed by atoms with Crippen molar-refractivity contribution in [2.45, 2.75) is 42.3 Å². The average Bonchev–Trinajstić information content (AvgIpc) is 3.53. The zero-order valence-electron chi connectivity index (χ0n) is 19.7. The lowest BCUT2D eigenvalue weighted by Crippen LogP contribution is -2.45. The van der Waals surface area contributed by atoms with Crippen molar-refractivity contribution in [1.29, 1.82) is 0 Å². The molecule has 2 saturated heterocycles. The molecule has 2 fully saturated rings. The number of aromatic nitrogens is 1. The summed E-state index contributed by atoms with van der Waals surface area (Å²) in [6, 6.07) is 11.3. The van der Waals surface area contributed by atoms with Gasteiger partial charge in [-0.25, -0.2) is 13.4 Å². The van der Waals surface area contributed by atoms with Crippen LogP contribution in [-0.2, 0) is 21.0 Å². The summed E-state index contributed by atoms with van der Waals surface area (Å²) in [5.41, 5.74) is 0.887. The van der Waals surface area contributed by atoms with Crippen molar-refractivity contribution in [3.05, 3.63) is 71.2 Å². The molecule has 0 bridgehead atoms. The molecule has 5 rings (SSSR count). The van der Waals surface area contributed by atoms with Crippen molar-refractivity contribution in [1.82, 2.24) is 9.88 Å². The quantitative estimate of drug-likeness (QED) is 0.455. The van der Waals surface area contributed by atoms with Crippen molar-refractivity contribution >= 4 is 38.1 Å². The van der Waals surface area contributed by atoms with Crippen LogP contribution in [0, 0.1) is 0 Å². The minimum atomic E-state index is -4.34. The maximum Gasteiger partial charge on any atom is 0.416 e. The number of alkyl halides is 3. The number of carbonyl (C=O) groups is 1. The Morgan fingerprint density at radius 2 is 1.65 bits per heavy atom. The lowest BCUT2D eigenvalue weighted by molar-refractivity contribution is -0.137. The molecule has 2 aliphatic heterocycles. The van der Waals surface area contributed by atoms with Gasteiger partial charge in [-0.15, -0.1) is 11.3 Å². The van der Waals surface area contributed by atoms with Crippen molar-refractivity contribution in [2.24, 2.45) is 0 Å². The van der Waals surface area contributed by atoms with E-state index in [0.717, 1.165) is 30.5 Å². The van der Waals surface area contributed by atoms with Crippen LogP contribution in [0.2, 0.25) is 0 Å². The summed E-state index contributed by atoms with van der Waals surface area (Å²) < 4.78 is 66.1. The summed E-state index contributed by atoms with van der Waals surface area (Å²) in [6.07, 6.45) is -0.626. The summed E-state index contributed by atoms with van der Waals surface area (Å²) in [6.45, 7) is 1.91. The largest absolute Gasteiger partial charge is 0.416 e. The first-order valence-corrected chi connectivity index (χ1v) is 14.2. The molecule has 7 nitrogen and oxygen atoms in total. The van der Waals surface area contributed by atoms with Gasteiger partial charge >= 0.3 is 6.18 Å². The third-order valence-corrected chi connectivity index (χ3v) is 9.14. The van der Waals surface area contributed by atoms with Crippen molar-refractivity contribution in [3.8, 4) is 0 Å². The summed E-state index contributed by atoms with van der Waals surface area (Å²) in [7, 11) is -3.77. The van der Waals surface area contributed by atoms with Crippen LogP contribution in [0.4, 0.5) is 24.0 Å². The molecule has 3 heterocycles. The Morgan fingerprint density at radius 3 is 2.24 bits per heavy atom. The van der Waals surface area contributed by atoms with Gasteiger partial charge in [-0.05, 0) is 80.2 Å². The van der Waals surface area contributed by atoms with Gasteiger partial charge in [0.1, 0.15) is 0 Å². The van der Waals surface area contributed by atoms with Crippen molar-refractivity contribution < 1.29 is 27.8 Å². The molecule has 198 valence electrons. The molecule has 1 amide bonds. The van der Waals surface area contributed by atoms with Gasteiger partial charge in [0, 0.05) is 25.2 Å². The minimum absolute atomic E-state index is 0. The molecule has 2 aromatic carbocycles. The SMILES string of the molecule is O=C1[C@@H](N2CCC(c3ccc(C(F)(F)F)cc3)CC2)CCN1c1ccc(S(=O)(=O)Nc2nccs2)cc1.[HH]. The van der Waals surface area contributed by atoms with Crippen LogP contribution in [0.15, 0.2) is 65.0 Å². The summed E-state index contributed by atoms with van der Waals surface area (Å²) in [4.78, 5) is 21.1. The van der Waals surface area contributed by atoms with E-state index in [1.54, 1.807) is 34.5 Å². The molecule has 2 aliphatic rings. The molecule has 3 aromatic rings. The van der Waals surface area contributed by atoms with Crippen LogP contribution in [0.3, 0.4) is 0 Å². The van der Waals surface area contributed by atoms with E-state index in [1.807, 2.05) is 0 Å². The number of carbonyl (C=O) groups excluding carboxylic acids is 1. The fourth-order valence-corrected chi connectivity index (χ4v) is 6.79. The number of hydrogen-bond donors (Lipinski definition) is 1. The first-order chi connectivity index (χ1) is 17.6. The molecule has 0 spiro atoms. The topological polar surface area (TPSA) is 82.6 Å². The number of nitrogens with one attached hydrogen (secondary N) is 1. The Morgan fingerprint density at radius 1 is 0.973 bits per heavy atom. The van der Waals surface area contributed by atoms with Gasteiger partial charge in [-0.1, -0.05) is 12.1 Å². The molecule has 0 saturated carbocycles. The molecule has 0 aliphatic carbocycles. The summed E-state index contributed by atoms with van der Waals surface area (Å²) in [5.74, 6) is 0.142. The highest BCUT2D eigenvalue weighted by Crippen LogP contribution is 2.35. The third-order valence-electron chi connectivity index (χ3n) is 6.97. The van der Waals surface area contributed by atoms with Crippen LogP contribution >= 0.6 is 11.3 Å². The number of piperidine rings is 1. The fraction of sp³-hybridized carbons (Fsp3) is 0.360. The maximum absolute atomic E-state index is 13.2. The highest BCUT2D eigenvalue weighted by molar-refractivity contribution is 7.93. The molecule has 0 radical (unpaired) electrons. The lowest BCUT2D eigenvalue weighted by atomic mass is 9.88. The molecule has 0 unspecified atom stereocenters. The van der Waals surface area contributed by atoms with Crippen LogP contribution in [0.1, 0.15) is 37.7 Å². The fourth-order valence-electron chi connectivity index (χ4n) is 5.00. The van der Waals surface area contributed by atoms with Crippen molar-refractivity contribution in [2.75, 3.05) is 29.3 Å². The van der Waals surface area contributed by atoms with Gasteiger partial charge in [-0.2, -0.15) is 13.2 Å². The third kappa shape index (κ3) is 5.51. The van der Waals surface area contributed by atoms with Crippen LogP contribution in [0.25, 0.3) is 0 Å². The van der Waals surface area contributed by atoms with E-state index in [-0.39, 0.29) is 29.3 Å². The number of nitrogens with zero attached hydrogens (tertiary/aromatic N) is 3. The number of hydrogen-bond acceptors (Lipinski definition) is 6. The average molecular weight is 553 g/mol. The Balaban J connectivity index is 0.00000336. The van der Waals surface area contributed by atoms with E-state index in [1.165, 1.54) is 29.7 Å². The number of anilines is 2. The number of amides is 1. The van der Waals surface area contributed by atoms with E-state index in [9.17, 15) is 26.4 Å². The smallest absolute Gasteiger partial charge is 0.311 e. The highest BCUT2D eigenvalue weighted by Gasteiger charge is 2.38. The van der Waals surface area contributed by atoms with Crippen LogP contribution in [0.5, 0.6) is 0 Å². The van der Waals surface area contributed by atoms with E-state index < -0.39 is 21.8 Å². The second-order valence-electron chi connectivity index (χ2n) is 9.16. The van der Waals surface area contributed by atoms with E-state index in [2.05, 4.69) is 14.6 Å². The Hall–Kier alpha value is -2.96.